The largest absolute Gasteiger partial charge is 0.305 e. The Hall–Kier alpha value is -1.45. The minimum Gasteiger partial charge on any atom is -0.305 e. The van der Waals surface area contributed by atoms with E-state index in [1.165, 1.54) is 12.1 Å². The van der Waals surface area contributed by atoms with Crippen LogP contribution in [0.1, 0.15) is 41.8 Å². The molecular formula is C17H20ClFN2. The molecule has 0 aliphatic carbocycles. The number of aromatic nitrogens is 1. The summed E-state index contributed by atoms with van der Waals surface area (Å²) in [7, 11) is 0. The van der Waals surface area contributed by atoms with Gasteiger partial charge in [-0.15, -0.1) is 0 Å². The highest BCUT2D eigenvalue weighted by atomic mass is 35.5. The Labute approximate surface area is 130 Å². The maximum Gasteiger partial charge on any atom is 0.123 e. The lowest BCUT2D eigenvalue weighted by atomic mass is 9.98. The Balaban J connectivity index is 2.49. The Bertz CT molecular complexity index is 628. The van der Waals surface area contributed by atoms with Gasteiger partial charge in [0, 0.05) is 11.2 Å². The quantitative estimate of drug-likeness (QED) is 0.874. The summed E-state index contributed by atoms with van der Waals surface area (Å²) in [5, 5.41) is 3.96. The van der Waals surface area contributed by atoms with Gasteiger partial charge in [0.2, 0.25) is 0 Å². The van der Waals surface area contributed by atoms with Crippen molar-refractivity contribution in [2.75, 3.05) is 6.54 Å². The van der Waals surface area contributed by atoms with Gasteiger partial charge in [-0.2, -0.15) is 0 Å². The number of hydrogen-bond acceptors (Lipinski definition) is 2. The van der Waals surface area contributed by atoms with Crippen molar-refractivity contribution in [1.29, 1.82) is 0 Å². The van der Waals surface area contributed by atoms with Crippen LogP contribution in [0.4, 0.5) is 4.39 Å². The van der Waals surface area contributed by atoms with E-state index < -0.39 is 0 Å². The third-order valence-corrected chi connectivity index (χ3v) is 3.74. The van der Waals surface area contributed by atoms with E-state index in [9.17, 15) is 4.39 Å². The van der Waals surface area contributed by atoms with Crippen LogP contribution in [0.15, 0.2) is 30.5 Å². The molecule has 0 aliphatic rings. The van der Waals surface area contributed by atoms with Crippen LogP contribution in [0, 0.1) is 19.7 Å². The Morgan fingerprint density at radius 3 is 2.71 bits per heavy atom. The van der Waals surface area contributed by atoms with Gasteiger partial charge < -0.3 is 5.32 Å². The minimum absolute atomic E-state index is 0.200. The maximum absolute atomic E-state index is 13.6. The predicted octanol–water partition coefficient (Wildman–Crippen LogP) is 4.58. The van der Waals surface area contributed by atoms with Crippen LogP contribution in [-0.4, -0.2) is 11.5 Å². The van der Waals surface area contributed by atoms with Crippen molar-refractivity contribution in [3.63, 3.8) is 0 Å². The van der Waals surface area contributed by atoms with Gasteiger partial charge >= 0.3 is 0 Å². The zero-order valence-corrected chi connectivity index (χ0v) is 13.3. The van der Waals surface area contributed by atoms with Gasteiger partial charge in [0.25, 0.3) is 0 Å². The van der Waals surface area contributed by atoms with Crippen LogP contribution >= 0.6 is 11.6 Å². The monoisotopic (exact) mass is 306 g/mol. The first-order valence-corrected chi connectivity index (χ1v) is 7.52. The lowest BCUT2D eigenvalue weighted by Crippen LogP contribution is -2.25. The molecule has 0 fully saturated rings. The summed E-state index contributed by atoms with van der Waals surface area (Å²) in [5.74, 6) is -0.289. The van der Waals surface area contributed by atoms with Crippen LogP contribution in [0.25, 0.3) is 0 Å². The van der Waals surface area contributed by atoms with Gasteiger partial charge in [-0.1, -0.05) is 24.6 Å². The molecule has 0 spiro atoms. The lowest BCUT2D eigenvalue weighted by Gasteiger charge is -2.21. The molecule has 0 saturated carbocycles. The molecule has 21 heavy (non-hydrogen) atoms. The molecule has 4 heteroatoms. The van der Waals surface area contributed by atoms with Crippen molar-refractivity contribution in [1.82, 2.24) is 10.3 Å². The molecule has 0 amide bonds. The molecular weight excluding hydrogens is 287 g/mol. The molecule has 0 bridgehead atoms. The van der Waals surface area contributed by atoms with Crippen LogP contribution in [0.2, 0.25) is 5.02 Å². The number of rotatable bonds is 5. The summed E-state index contributed by atoms with van der Waals surface area (Å²) in [6, 6.07) is 6.33. The molecule has 0 saturated heterocycles. The van der Waals surface area contributed by atoms with Crippen LogP contribution in [-0.2, 0) is 0 Å². The zero-order chi connectivity index (χ0) is 15.4. The lowest BCUT2D eigenvalue weighted by molar-refractivity contribution is 0.573. The molecule has 1 aromatic heterocycles. The Morgan fingerprint density at radius 2 is 2.05 bits per heavy atom. The Kier molecular flexibility index (Phi) is 5.32. The number of nitrogens with zero attached hydrogens (tertiary/aromatic N) is 1. The van der Waals surface area contributed by atoms with E-state index in [4.69, 9.17) is 11.6 Å². The third-order valence-electron chi connectivity index (χ3n) is 3.40. The molecule has 1 unspecified atom stereocenters. The first-order valence-electron chi connectivity index (χ1n) is 7.14. The molecule has 112 valence electrons. The van der Waals surface area contributed by atoms with E-state index in [0.717, 1.165) is 35.3 Å². The number of benzene rings is 1. The first-order chi connectivity index (χ1) is 10.0. The topological polar surface area (TPSA) is 24.9 Å². The molecule has 0 radical (unpaired) electrons. The van der Waals surface area contributed by atoms with Crippen molar-refractivity contribution in [2.24, 2.45) is 0 Å². The second-order valence-corrected chi connectivity index (χ2v) is 5.67. The molecule has 2 nitrogen and oxygen atoms in total. The fraction of sp³-hybridized carbons (Fsp3) is 0.353. The van der Waals surface area contributed by atoms with E-state index >= 15 is 0 Å². The van der Waals surface area contributed by atoms with Crippen LogP contribution in [0.5, 0.6) is 0 Å². The summed E-state index contributed by atoms with van der Waals surface area (Å²) >= 11 is 6.27. The van der Waals surface area contributed by atoms with Gasteiger partial charge in [-0.05, 0) is 61.7 Å². The van der Waals surface area contributed by atoms with Crippen molar-refractivity contribution < 1.29 is 4.39 Å². The van der Waals surface area contributed by atoms with E-state index in [2.05, 4.69) is 23.3 Å². The fourth-order valence-electron chi connectivity index (χ4n) is 2.41. The number of halogens is 2. The molecule has 1 atom stereocenters. The zero-order valence-electron chi connectivity index (χ0n) is 12.6. The van der Waals surface area contributed by atoms with E-state index in [-0.39, 0.29) is 11.9 Å². The smallest absolute Gasteiger partial charge is 0.123 e. The van der Waals surface area contributed by atoms with Gasteiger partial charge in [-0.3, -0.25) is 4.98 Å². The summed E-state index contributed by atoms with van der Waals surface area (Å²) < 4.78 is 13.6. The van der Waals surface area contributed by atoms with Crippen molar-refractivity contribution >= 4 is 11.6 Å². The molecule has 2 aromatic rings. The second-order valence-electron chi connectivity index (χ2n) is 5.27. The average molecular weight is 307 g/mol. The van der Waals surface area contributed by atoms with Gasteiger partial charge in [0.15, 0.2) is 0 Å². The minimum atomic E-state index is -0.289. The van der Waals surface area contributed by atoms with Gasteiger partial charge in [-0.25, -0.2) is 4.39 Å². The number of aryl methyl sites for hydroxylation is 2. The molecule has 1 heterocycles. The standard InChI is InChI=1S/C17H20ClFN2/c1-4-7-20-17(14-9-13(19)5-6-15(14)18)16-12(3)8-11(2)10-21-16/h5-6,8-10,17,20H,4,7H2,1-3H3. The summed E-state index contributed by atoms with van der Waals surface area (Å²) in [6.45, 7) is 6.93. The highest BCUT2D eigenvalue weighted by molar-refractivity contribution is 6.31. The molecule has 2 rings (SSSR count). The third kappa shape index (κ3) is 3.80. The highest BCUT2D eigenvalue weighted by Gasteiger charge is 2.20. The van der Waals surface area contributed by atoms with Crippen LogP contribution < -0.4 is 5.32 Å². The van der Waals surface area contributed by atoms with Crippen molar-refractivity contribution in [2.45, 2.75) is 33.2 Å². The summed E-state index contributed by atoms with van der Waals surface area (Å²) in [5.41, 5.74) is 3.80. The summed E-state index contributed by atoms with van der Waals surface area (Å²) in [6.07, 6.45) is 2.81. The molecule has 1 N–H and O–H groups in total. The average Bonchev–Trinajstić information content (AvgIpc) is 2.44. The second kappa shape index (κ2) is 7.01. The van der Waals surface area contributed by atoms with Gasteiger partial charge in [0.1, 0.15) is 5.82 Å². The number of hydrogen-bond donors (Lipinski definition) is 1. The SMILES string of the molecule is CCCNC(c1cc(F)ccc1Cl)c1ncc(C)cc1C. The van der Waals surface area contributed by atoms with Crippen molar-refractivity contribution in [3.05, 3.63) is 63.7 Å². The normalized spacial score (nSPS) is 12.4. The van der Waals surface area contributed by atoms with Crippen molar-refractivity contribution in [3.8, 4) is 0 Å². The highest BCUT2D eigenvalue weighted by Crippen LogP contribution is 2.30. The molecule has 1 aromatic carbocycles. The first kappa shape index (κ1) is 15.9. The number of nitrogens with one attached hydrogen (secondary N) is 1. The van der Waals surface area contributed by atoms with Gasteiger partial charge in [0.05, 0.1) is 11.7 Å². The Morgan fingerprint density at radius 1 is 1.29 bits per heavy atom. The summed E-state index contributed by atoms with van der Waals surface area (Å²) in [4.78, 5) is 4.53. The van der Waals surface area contributed by atoms with E-state index in [0.29, 0.717) is 5.02 Å². The van der Waals surface area contributed by atoms with Crippen LogP contribution in [0.3, 0.4) is 0 Å². The number of pyridine rings is 1. The van der Waals surface area contributed by atoms with E-state index in [1.54, 1.807) is 6.07 Å². The maximum atomic E-state index is 13.6. The fourth-order valence-corrected chi connectivity index (χ4v) is 2.63. The predicted molar refractivity (Wildman–Crippen MR) is 85.3 cm³/mol. The van der Waals surface area contributed by atoms with E-state index in [1.807, 2.05) is 20.0 Å². The molecule has 0 aliphatic heterocycles.